The van der Waals surface area contributed by atoms with Crippen LogP contribution in [0.2, 0.25) is 0 Å². The topological polar surface area (TPSA) is 93.2 Å². The summed E-state index contributed by atoms with van der Waals surface area (Å²) in [5, 5.41) is 1.65. The van der Waals surface area contributed by atoms with E-state index in [1.54, 1.807) is 28.9 Å². The van der Waals surface area contributed by atoms with Gasteiger partial charge in [0.1, 0.15) is 4.21 Å². The molecule has 2 aromatic heterocycles. The lowest BCUT2D eigenvalue weighted by molar-refractivity contribution is 0.577. The lowest BCUT2D eigenvalue weighted by Crippen LogP contribution is -2.32. The summed E-state index contributed by atoms with van der Waals surface area (Å²) in [6.07, 6.45) is 0.241. The molecule has 21 heavy (non-hydrogen) atoms. The van der Waals surface area contributed by atoms with Crippen LogP contribution < -0.4 is 4.13 Å². The smallest absolute Gasteiger partial charge is 0.250 e. The Morgan fingerprint density at radius 2 is 1.90 bits per heavy atom. The number of thiophene rings is 1. The van der Waals surface area contributed by atoms with Crippen molar-refractivity contribution in [1.82, 2.24) is 9.11 Å². The van der Waals surface area contributed by atoms with Gasteiger partial charge in [-0.3, -0.25) is 0 Å². The van der Waals surface area contributed by atoms with E-state index < -0.39 is 20.0 Å². The third-order valence-electron chi connectivity index (χ3n) is 2.65. The van der Waals surface area contributed by atoms with Crippen LogP contribution in [-0.4, -0.2) is 27.6 Å². The zero-order valence-electron chi connectivity index (χ0n) is 11.4. The van der Waals surface area contributed by atoms with Crippen molar-refractivity contribution in [3.8, 4) is 0 Å². The van der Waals surface area contributed by atoms with Crippen LogP contribution in [0, 0.1) is 13.8 Å². The lowest BCUT2D eigenvalue weighted by Gasteiger charge is -2.06. The fourth-order valence-electron chi connectivity index (χ4n) is 1.59. The molecule has 0 bridgehead atoms. The standard InChI is InChI=1S/C11H14N2O4S4/c1-8-5-11(18-6-8)21(16,17)13-20(14,15)4-3-10-9(2)12-7-19-10/h5-7,13H,3-4H2,1-2H3. The predicted octanol–water partition coefficient (Wildman–Crippen LogP) is 1.67. The van der Waals surface area contributed by atoms with E-state index in [4.69, 9.17) is 0 Å². The Balaban J connectivity index is 2.09. The SMILES string of the molecule is Cc1csc(S(=O)(=O)NS(=O)(=O)CCc2scnc2C)c1. The van der Waals surface area contributed by atoms with E-state index in [1.165, 1.54) is 17.4 Å². The first kappa shape index (κ1) is 16.6. The van der Waals surface area contributed by atoms with Crippen molar-refractivity contribution < 1.29 is 16.8 Å². The van der Waals surface area contributed by atoms with Crippen molar-refractivity contribution in [2.24, 2.45) is 0 Å². The minimum atomic E-state index is -4.03. The van der Waals surface area contributed by atoms with E-state index in [1.807, 2.05) is 0 Å². The highest BCUT2D eigenvalue weighted by Gasteiger charge is 2.24. The normalized spacial score (nSPS) is 12.7. The minimum Gasteiger partial charge on any atom is -0.250 e. The molecule has 116 valence electrons. The maximum atomic E-state index is 12.0. The van der Waals surface area contributed by atoms with E-state index in [9.17, 15) is 16.8 Å². The van der Waals surface area contributed by atoms with Crippen LogP contribution in [-0.2, 0) is 26.5 Å². The van der Waals surface area contributed by atoms with Crippen LogP contribution in [0.25, 0.3) is 0 Å². The van der Waals surface area contributed by atoms with Crippen LogP contribution in [0.4, 0.5) is 0 Å². The summed E-state index contributed by atoms with van der Waals surface area (Å²) < 4.78 is 49.6. The molecule has 0 saturated carbocycles. The highest BCUT2D eigenvalue weighted by Crippen LogP contribution is 2.20. The maximum absolute atomic E-state index is 12.0. The number of rotatable bonds is 6. The van der Waals surface area contributed by atoms with Crippen LogP contribution in [0.15, 0.2) is 21.2 Å². The fraction of sp³-hybridized carbons (Fsp3) is 0.364. The molecule has 0 amide bonds. The Hall–Kier alpha value is -0.810. The van der Waals surface area contributed by atoms with Gasteiger partial charge in [0.25, 0.3) is 10.0 Å². The predicted molar refractivity (Wildman–Crippen MR) is 83.7 cm³/mol. The number of nitrogens with one attached hydrogen (secondary N) is 1. The zero-order chi connectivity index (χ0) is 15.7. The van der Waals surface area contributed by atoms with Crippen molar-refractivity contribution in [2.45, 2.75) is 24.5 Å². The largest absolute Gasteiger partial charge is 0.263 e. The Morgan fingerprint density at radius 1 is 1.19 bits per heavy atom. The first-order valence-corrected chi connectivity index (χ1v) is 10.8. The molecule has 0 fully saturated rings. The molecule has 0 unspecified atom stereocenters. The van der Waals surface area contributed by atoms with Crippen LogP contribution in [0.1, 0.15) is 16.1 Å². The van der Waals surface area contributed by atoms with Gasteiger partial charge in [0.15, 0.2) is 0 Å². The molecule has 6 nitrogen and oxygen atoms in total. The molecule has 1 N–H and O–H groups in total. The summed E-state index contributed by atoms with van der Waals surface area (Å²) >= 11 is 2.35. The van der Waals surface area contributed by atoms with Crippen molar-refractivity contribution in [3.05, 3.63) is 33.1 Å². The van der Waals surface area contributed by atoms with Gasteiger partial charge in [-0.15, -0.1) is 26.8 Å². The van der Waals surface area contributed by atoms with E-state index in [2.05, 4.69) is 4.98 Å². The highest BCUT2D eigenvalue weighted by atomic mass is 32.3. The molecular weight excluding hydrogens is 352 g/mol. The number of aromatic nitrogens is 1. The van der Waals surface area contributed by atoms with E-state index >= 15 is 0 Å². The van der Waals surface area contributed by atoms with Gasteiger partial charge < -0.3 is 0 Å². The van der Waals surface area contributed by atoms with Gasteiger partial charge in [-0.2, -0.15) is 0 Å². The molecule has 0 radical (unpaired) electrons. The number of sulfonamides is 2. The van der Waals surface area contributed by atoms with Crippen molar-refractivity contribution in [1.29, 1.82) is 0 Å². The molecule has 0 aliphatic carbocycles. The quantitative estimate of drug-likeness (QED) is 0.839. The van der Waals surface area contributed by atoms with E-state index in [0.29, 0.717) is 0 Å². The van der Waals surface area contributed by atoms with E-state index in [0.717, 1.165) is 27.5 Å². The number of thiazole rings is 1. The Bertz CT molecular complexity index is 833. The third kappa shape index (κ3) is 4.33. The molecular formula is C11H14N2O4S4. The molecule has 0 aliphatic heterocycles. The molecule has 2 aromatic rings. The fourth-order valence-corrected chi connectivity index (χ4v) is 6.89. The molecule has 10 heteroatoms. The number of nitrogens with zero attached hydrogens (tertiary/aromatic N) is 1. The average Bonchev–Trinajstić information content (AvgIpc) is 2.95. The highest BCUT2D eigenvalue weighted by molar-refractivity contribution is 8.05. The second kappa shape index (κ2) is 6.13. The maximum Gasteiger partial charge on any atom is 0.263 e. The van der Waals surface area contributed by atoms with Crippen molar-refractivity contribution in [2.75, 3.05) is 5.75 Å². The van der Waals surface area contributed by atoms with Crippen LogP contribution in [0.3, 0.4) is 0 Å². The average molecular weight is 367 g/mol. The summed E-state index contributed by atoms with van der Waals surface area (Å²) in [5.41, 5.74) is 3.18. The van der Waals surface area contributed by atoms with Gasteiger partial charge in [0, 0.05) is 4.88 Å². The second-order valence-corrected chi connectivity index (χ2v) is 10.3. The van der Waals surface area contributed by atoms with Crippen molar-refractivity contribution in [3.63, 3.8) is 0 Å². The first-order chi connectivity index (χ1) is 9.70. The number of hydrogen-bond donors (Lipinski definition) is 1. The summed E-state index contributed by atoms with van der Waals surface area (Å²) in [7, 11) is -7.95. The van der Waals surface area contributed by atoms with Gasteiger partial charge >= 0.3 is 0 Å². The van der Waals surface area contributed by atoms with Gasteiger partial charge in [-0.1, -0.05) is 0 Å². The van der Waals surface area contributed by atoms with Gasteiger partial charge in [0.05, 0.1) is 17.0 Å². The molecule has 0 atom stereocenters. The number of hydrogen-bond acceptors (Lipinski definition) is 7. The van der Waals surface area contributed by atoms with Gasteiger partial charge in [-0.05, 0) is 37.3 Å². The molecule has 0 saturated heterocycles. The Kier molecular flexibility index (Phi) is 4.83. The Morgan fingerprint density at radius 3 is 2.43 bits per heavy atom. The molecule has 2 heterocycles. The van der Waals surface area contributed by atoms with Crippen LogP contribution in [0.5, 0.6) is 0 Å². The molecule has 0 aliphatic rings. The molecule has 2 rings (SSSR count). The zero-order valence-corrected chi connectivity index (χ0v) is 14.6. The summed E-state index contributed by atoms with van der Waals surface area (Å²) in [5.74, 6) is -0.292. The van der Waals surface area contributed by atoms with Crippen LogP contribution >= 0.6 is 22.7 Å². The minimum absolute atomic E-state index is 0.00227. The summed E-state index contributed by atoms with van der Waals surface area (Å²) in [6, 6.07) is 1.44. The molecule has 0 aromatic carbocycles. The summed E-state index contributed by atoms with van der Waals surface area (Å²) in [6.45, 7) is 3.54. The number of aryl methyl sites for hydroxylation is 3. The monoisotopic (exact) mass is 366 g/mol. The van der Waals surface area contributed by atoms with E-state index in [-0.39, 0.29) is 16.4 Å². The lowest BCUT2D eigenvalue weighted by atomic mass is 10.3. The second-order valence-electron chi connectivity index (χ2n) is 4.46. The Labute approximate surface area is 132 Å². The molecule has 0 spiro atoms. The van der Waals surface area contributed by atoms with Crippen molar-refractivity contribution >= 4 is 42.7 Å². The first-order valence-electron chi connectivity index (χ1n) is 5.90. The van der Waals surface area contributed by atoms with Gasteiger partial charge in [-0.25, -0.2) is 21.8 Å². The third-order valence-corrected chi connectivity index (χ3v) is 8.71. The summed E-state index contributed by atoms with van der Waals surface area (Å²) in [4.78, 5) is 4.87. The van der Waals surface area contributed by atoms with Gasteiger partial charge in [0.2, 0.25) is 10.0 Å².